The minimum Gasteiger partial charge on any atom is -0.258 e. The molecule has 0 amide bonds. The van der Waals surface area contributed by atoms with Crippen LogP contribution in [0.4, 0.5) is 10.1 Å². The number of rotatable bonds is 4. The number of nitro groups is 1. The molecule has 1 aromatic rings. The van der Waals surface area contributed by atoms with Crippen LogP contribution in [0, 0.1) is 22.9 Å². The molecule has 0 saturated carbocycles. The van der Waals surface area contributed by atoms with Crippen LogP contribution in [-0.4, -0.2) is 10.7 Å². The second kappa shape index (κ2) is 5.65. The maximum atomic E-state index is 13.3. The van der Waals surface area contributed by atoms with Gasteiger partial charge in [-0.05, 0) is 36.3 Å². The van der Waals surface area contributed by atoms with Gasteiger partial charge >= 0.3 is 5.69 Å². The van der Waals surface area contributed by atoms with Gasteiger partial charge in [0.2, 0.25) is 5.82 Å². The number of halogens is 1. The van der Waals surface area contributed by atoms with Gasteiger partial charge in [0.15, 0.2) is 0 Å². The van der Waals surface area contributed by atoms with Crippen molar-refractivity contribution in [2.45, 2.75) is 13.3 Å². The molecule has 0 heterocycles. The van der Waals surface area contributed by atoms with Gasteiger partial charge in [-0.15, -0.1) is 0 Å². The fourth-order valence-electron chi connectivity index (χ4n) is 1.29. The van der Waals surface area contributed by atoms with Gasteiger partial charge in [-0.3, -0.25) is 10.1 Å². The predicted octanol–water partition coefficient (Wildman–Crippen LogP) is 3.38. The van der Waals surface area contributed by atoms with Gasteiger partial charge in [0, 0.05) is 6.07 Å². The quantitative estimate of drug-likeness (QED) is 0.499. The van der Waals surface area contributed by atoms with Crippen molar-refractivity contribution in [1.29, 1.82) is 0 Å². The summed E-state index contributed by atoms with van der Waals surface area (Å²) in [7, 11) is 0. The fraction of sp³-hybridized carbons (Fsp3) is 0.273. The maximum absolute atomic E-state index is 13.3. The van der Waals surface area contributed by atoms with Crippen LogP contribution in [-0.2, 0) is 0 Å². The third-order valence-corrected chi connectivity index (χ3v) is 2.38. The highest BCUT2D eigenvalue weighted by atomic mass is 32.1. The summed E-state index contributed by atoms with van der Waals surface area (Å²) >= 11 is 4.04. The molecule has 5 heteroatoms. The molecule has 0 aliphatic rings. The molecule has 0 N–H and O–H groups in total. The van der Waals surface area contributed by atoms with Gasteiger partial charge in [-0.2, -0.15) is 17.0 Å². The van der Waals surface area contributed by atoms with E-state index in [0.29, 0.717) is 16.9 Å². The monoisotopic (exact) mass is 241 g/mol. The zero-order valence-electron chi connectivity index (χ0n) is 8.81. The Labute approximate surface area is 98.5 Å². The summed E-state index contributed by atoms with van der Waals surface area (Å²) < 4.78 is 13.3. The molecule has 0 saturated heterocycles. The van der Waals surface area contributed by atoms with E-state index in [1.807, 2.05) is 6.08 Å². The molecule has 0 aliphatic carbocycles. The molecule has 0 fully saturated rings. The van der Waals surface area contributed by atoms with E-state index in [1.165, 1.54) is 12.1 Å². The molecule has 0 aromatic heterocycles. The molecule has 1 aromatic carbocycles. The Morgan fingerprint density at radius 3 is 2.81 bits per heavy atom. The average molecular weight is 241 g/mol. The first-order chi connectivity index (χ1) is 7.56. The Bertz CT molecular complexity index is 432. The third kappa shape index (κ3) is 3.06. The van der Waals surface area contributed by atoms with E-state index in [4.69, 9.17) is 0 Å². The lowest BCUT2D eigenvalue weighted by Crippen LogP contribution is -1.95. The third-order valence-electron chi connectivity index (χ3n) is 2.13. The zero-order valence-corrected chi connectivity index (χ0v) is 9.71. The first-order valence-corrected chi connectivity index (χ1v) is 5.41. The molecule has 3 nitrogen and oxygen atoms in total. The lowest BCUT2D eigenvalue weighted by atomic mass is 10.1. The average Bonchev–Trinajstić information content (AvgIpc) is 2.22. The molecule has 0 unspecified atom stereocenters. The Balaban J connectivity index is 3.05. The summed E-state index contributed by atoms with van der Waals surface area (Å²) in [6.07, 6.45) is 4.39. The Hall–Kier alpha value is -1.36. The van der Waals surface area contributed by atoms with Crippen LogP contribution in [0.5, 0.6) is 0 Å². The topological polar surface area (TPSA) is 43.1 Å². The van der Waals surface area contributed by atoms with Crippen molar-refractivity contribution in [2.24, 2.45) is 0 Å². The summed E-state index contributed by atoms with van der Waals surface area (Å²) in [5.74, 6) is -0.0912. The van der Waals surface area contributed by atoms with E-state index in [-0.39, 0.29) is 0 Å². The van der Waals surface area contributed by atoms with Crippen LogP contribution < -0.4 is 0 Å². The number of thiol groups is 1. The molecular weight excluding hydrogens is 229 g/mol. The minimum absolute atomic E-state index is 0.483. The van der Waals surface area contributed by atoms with Crippen LogP contribution in [0.25, 0.3) is 6.08 Å². The van der Waals surface area contributed by atoms with Crippen LogP contribution in [0.3, 0.4) is 0 Å². The van der Waals surface area contributed by atoms with Gasteiger partial charge in [-0.1, -0.05) is 12.2 Å². The van der Waals surface area contributed by atoms with Crippen molar-refractivity contribution in [2.75, 3.05) is 5.75 Å². The van der Waals surface area contributed by atoms with Gasteiger partial charge in [0.1, 0.15) is 0 Å². The van der Waals surface area contributed by atoms with Crippen molar-refractivity contribution in [3.63, 3.8) is 0 Å². The van der Waals surface area contributed by atoms with E-state index < -0.39 is 16.4 Å². The number of aryl methyl sites for hydroxylation is 1. The SMILES string of the molecule is Cc1cc([N+](=O)[O-])c(F)cc1C=CCCS. The molecule has 0 radical (unpaired) electrons. The van der Waals surface area contributed by atoms with Crippen LogP contribution >= 0.6 is 12.6 Å². The number of benzene rings is 1. The van der Waals surface area contributed by atoms with Crippen LogP contribution in [0.15, 0.2) is 18.2 Å². The van der Waals surface area contributed by atoms with E-state index in [2.05, 4.69) is 12.6 Å². The van der Waals surface area contributed by atoms with Crippen molar-refractivity contribution >= 4 is 24.4 Å². The lowest BCUT2D eigenvalue weighted by molar-refractivity contribution is -0.387. The molecular formula is C11H12FNO2S. The Kier molecular flexibility index (Phi) is 4.49. The first kappa shape index (κ1) is 12.7. The molecule has 0 atom stereocenters. The second-order valence-electron chi connectivity index (χ2n) is 3.33. The molecule has 0 spiro atoms. The normalized spacial score (nSPS) is 10.9. The van der Waals surface area contributed by atoms with Crippen molar-refractivity contribution in [3.05, 3.63) is 45.3 Å². The Morgan fingerprint density at radius 2 is 2.25 bits per heavy atom. The number of hydrogen-bond donors (Lipinski definition) is 1. The largest absolute Gasteiger partial charge is 0.305 e. The number of allylic oxidation sites excluding steroid dienone is 1. The molecule has 86 valence electrons. The zero-order chi connectivity index (χ0) is 12.1. The van der Waals surface area contributed by atoms with Crippen LogP contribution in [0.1, 0.15) is 17.5 Å². The summed E-state index contributed by atoms with van der Waals surface area (Å²) in [6.45, 7) is 1.72. The predicted molar refractivity (Wildman–Crippen MR) is 65.3 cm³/mol. The molecule has 0 aliphatic heterocycles. The van der Waals surface area contributed by atoms with E-state index in [1.54, 1.807) is 13.0 Å². The summed E-state index contributed by atoms with van der Waals surface area (Å²) in [4.78, 5) is 9.76. The second-order valence-corrected chi connectivity index (χ2v) is 3.78. The minimum atomic E-state index is -0.805. The fourth-order valence-corrected chi connectivity index (χ4v) is 1.44. The van der Waals surface area contributed by atoms with E-state index >= 15 is 0 Å². The summed E-state index contributed by atoms with van der Waals surface area (Å²) in [5, 5.41) is 10.5. The van der Waals surface area contributed by atoms with E-state index in [0.717, 1.165) is 6.42 Å². The molecule has 16 heavy (non-hydrogen) atoms. The highest BCUT2D eigenvalue weighted by Gasteiger charge is 2.15. The van der Waals surface area contributed by atoms with Crippen molar-refractivity contribution in [1.82, 2.24) is 0 Å². The van der Waals surface area contributed by atoms with Gasteiger partial charge in [0.05, 0.1) is 4.92 Å². The maximum Gasteiger partial charge on any atom is 0.305 e. The summed E-state index contributed by atoms with van der Waals surface area (Å²) in [5.41, 5.74) is 0.859. The molecule has 1 rings (SSSR count). The van der Waals surface area contributed by atoms with Crippen molar-refractivity contribution < 1.29 is 9.31 Å². The smallest absolute Gasteiger partial charge is 0.258 e. The Morgan fingerprint density at radius 1 is 1.56 bits per heavy atom. The van der Waals surface area contributed by atoms with Gasteiger partial charge < -0.3 is 0 Å². The number of nitro benzene ring substituents is 1. The highest BCUT2D eigenvalue weighted by molar-refractivity contribution is 7.80. The van der Waals surface area contributed by atoms with Crippen LogP contribution in [0.2, 0.25) is 0 Å². The number of hydrogen-bond acceptors (Lipinski definition) is 3. The first-order valence-electron chi connectivity index (χ1n) is 4.78. The summed E-state index contributed by atoms with van der Waals surface area (Å²) in [6, 6.07) is 2.43. The lowest BCUT2D eigenvalue weighted by Gasteiger charge is -2.01. The number of nitrogens with zero attached hydrogens (tertiary/aromatic N) is 1. The van der Waals surface area contributed by atoms with E-state index in [9.17, 15) is 14.5 Å². The van der Waals surface area contributed by atoms with Gasteiger partial charge in [-0.25, -0.2) is 0 Å². The molecule has 0 bridgehead atoms. The standard InChI is InChI=1S/C11H12FNO2S/c1-8-6-11(13(14)15)10(12)7-9(8)4-2-3-5-16/h2,4,6-7,16H,3,5H2,1H3. The highest BCUT2D eigenvalue weighted by Crippen LogP contribution is 2.22. The van der Waals surface area contributed by atoms with Gasteiger partial charge in [0.25, 0.3) is 0 Å². The van der Waals surface area contributed by atoms with Crippen molar-refractivity contribution in [3.8, 4) is 0 Å².